The van der Waals surface area contributed by atoms with Crippen molar-refractivity contribution in [1.82, 2.24) is 0 Å². The molecule has 8 nitrogen and oxygen atoms in total. The number of carboxylic acid groups (broad SMARTS) is 1. The monoisotopic (exact) mass is 461 g/mol. The highest BCUT2D eigenvalue weighted by Crippen LogP contribution is 2.53. The lowest BCUT2D eigenvalue weighted by Gasteiger charge is -2.49. The Kier molecular flexibility index (Phi) is 7.51. The van der Waals surface area contributed by atoms with E-state index >= 15 is 0 Å². The molecule has 2 fully saturated rings. The number of epoxide rings is 1. The van der Waals surface area contributed by atoms with Crippen LogP contribution in [0.5, 0.6) is 0 Å². The first-order valence-corrected chi connectivity index (χ1v) is 11.3. The maximum absolute atomic E-state index is 12.6. The van der Waals surface area contributed by atoms with Crippen molar-refractivity contribution in [2.45, 2.75) is 70.4 Å². The molecule has 1 aromatic rings. The van der Waals surface area contributed by atoms with Crippen LogP contribution in [0.3, 0.4) is 0 Å². The molecule has 182 valence electrons. The summed E-state index contributed by atoms with van der Waals surface area (Å²) < 4.78 is 17.4. The van der Waals surface area contributed by atoms with Crippen molar-refractivity contribution in [2.24, 2.45) is 11.8 Å². The first-order chi connectivity index (χ1) is 15.5. The van der Waals surface area contributed by atoms with E-state index in [-0.39, 0.29) is 17.4 Å². The largest absolute Gasteiger partial charge is 0.478 e. The highest BCUT2D eigenvalue weighted by molar-refractivity contribution is 5.89. The molecule has 0 aromatic heterocycles. The van der Waals surface area contributed by atoms with Crippen molar-refractivity contribution in [3.63, 3.8) is 0 Å². The number of allylic oxidation sites excluding steroid dienone is 2. The Morgan fingerprint density at radius 3 is 2.48 bits per heavy atom. The summed E-state index contributed by atoms with van der Waals surface area (Å²) in [7, 11) is 1.56. The molecule has 0 radical (unpaired) electrons. The van der Waals surface area contributed by atoms with Crippen molar-refractivity contribution in [2.75, 3.05) is 19.0 Å². The van der Waals surface area contributed by atoms with Gasteiger partial charge in [0.25, 0.3) is 0 Å². The number of aromatic carboxylic acids is 1. The number of methoxy groups -OCH3 is 1. The van der Waals surface area contributed by atoms with E-state index in [0.29, 0.717) is 25.1 Å². The second-order valence-corrected chi connectivity index (χ2v) is 9.67. The van der Waals surface area contributed by atoms with Crippen molar-refractivity contribution < 1.29 is 34.0 Å². The van der Waals surface area contributed by atoms with Gasteiger partial charge in [-0.05, 0) is 70.2 Å². The molecular formula is C25H35NO7. The first kappa shape index (κ1) is 25.2. The Morgan fingerprint density at radius 2 is 1.97 bits per heavy atom. The fourth-order valence-corrected chi connectivity index (χ4v) is 4.85. The average Bonchev–Trinajstić information content (AvgIpc) is 3.52. The smallest absolute Gasteiger partial charge is 0.411 e. The van der Waals surface area contributed by atoms with Crippen LogP contribution in [0, 0.1) is 11.8 Å². The molecule has 1 saturated heterocycles. The maximum Gasteiger partial charge on any atom is 0.411 e. The molecule has 2 aliphatic rings. The molecule has 3 rings (SSSR count). The van der Waals surface area contributed by atoms with E-state index < -0.39 is 35.5 Å². The molecule has 1 amide bonds. The Labute approximate surface area is 194 Å². The zero-order valence-corrected chi connectivity index (χ0v) is 20.0. The fraction of sp³-hybridized carbons (Fsp3) is 0.600. The second kappa shape index (κ2) is 9.83. The first-order valence-electron chi connectivity index (χ1n) is 11.3. The minimum Gasteiger partial charge on any atom is -0.478 e. The van der Waals surface area contributed by atoms with Gasteiger partial charge < -0.3 is 24.4 Å². The lowest BCUT2D eigenvalue weighted by atomic mass is 9.63. The number of anilines is 1. The van der Waals surface area contributed by atoms with Gasteiger partial charge in [-0.3, -0.25) is 5.32 Å². The van der Waals surface area contributed by atoms with E-state index in [1.807, 2.05) is 27.7 Å². The summed E-state index contributed by atoms with van der Waals surface area (Å²) in [5, 5.41) is 23.3. The molecule has 1 aliphatic carbocycles. The normalized spacial score (nSPS) is 29.0. The molecule has 6 atom stereocenters. The standard InChI is InChI=1S/C25H35NO7/c1-15(2)6-7-16(3)24(4,30)21-20(31-5)19(12-13-25(21)14-32-25)33-23(29)26-18-10-8-17(9-11-18)22(27)28/h6,8-11,16,19-21,30H,7,12-14H2,1-5H3,(H,26,29)(H,27,28)/t16?,19-,20-,21-,24+,25+/m1/s1. The number of hydrogen-bond acceptors (Lipinski definition) is 6. The van der Waals surface area contributed by atoms with E-state index in [1.165, 1.54) is 29.8 Å². The summed E-state index contributed by atoms with van der Waals surface area (Å²) in [5.41, 5.74) is 0.176. The minimum atomic E-state index is -1.10. The topological polar surface area (TPSA) is 118 Å². The van der Waals surface area contributed by atoms with E-state index in [1.54, 1.807) is 7.11 Å². The van der Waals surface area contributed by atoms with Gasteiger partial charge in [0.15, 0.2) is 0 Å². The highest BCUT2D eigenvalue weighted by atomic mass is 16.6. The quantitative estimate of drug-likeness (QED) is 0.391. The maximum atomic E-state index is 12.6. The van der Waals surface area contributed by atoms with Crippen molar-refractivity contribution in [1.29, 1.82) is 0 Å². The third-order valence-electron chi connectivity index (χ3n) is 7.04. The predicted octanol–water partition coefficient (Wildman–Crippen LogP) is 4.24. The Hall–Kier alpha value is -2.42. The number of carbonyl (C=O) groups excluding carboxylic acids is 1. The van der Waals surface area contributed by atoms with Crippen LogP contribution in [0.2, 0.25) is 0 Å². The number of amides is 1. The van der Waals surface area contributed by atoms with Crippen LogP contribution in [0.1, 0.15) is 57.3 Å². The number of ether oxygens (including phenoxy) is 3. The van der Waals surface area contributed by atoms with Crippen molar-refractivity contribution >= 4 is 17.7 Å². The lowest BCUT2D eigenvalue weighted by Crippen LogP contribution is -2.60. The van der Waals surface area contributed by atoms with E-state index in [4.69, 9.17) is 19.3 Å². The number of carbonyl (C=O) groups is 2. The number of rotatable bonds is 8. The van der Waals surface area contributed by atoms with Gasteiger partial charge in [0.2, 0.25) is 0 Å². The highest BCUT2D eigenvalue weighted by Gasteiger charge is 2.65. The summed E-state index contributed by atoms with van der Waals surface area (Å²) >= 11 is 0. The van der Waals surface area contributed by atoms with E-state index in [0.717, 1.165) is 6.42 Å². The zero-order valence-electron chi connectivity index (χ0n) is 20.0. The number of aliphatic hydroxyl groups is 1. The Bertz CT molecular complexity index is 885. The third kappa shape index (κ3) is 5.57. The van der Waals surface area contributed by atoms with Gasteiger partial charge in [-0.2, -0.15) is 0 Å². The summed E-state index contributed by atoms with van der Waals surface area (Å²) in [4.78, 5) is 23.6. The summed E-state index contributed by atoms with van der Waals surface area (Å²) in [6.07, 6.45) is 2.29. The Balaban J connectivity index is 1.73. The van der Waals surface area contributed by atoms with Gasteiger partial charge in [-0.15, -0.1) is 0 Å². The van der Waals surface area contributed by atoms with E-state index in [9.17, 15) is 14.7 Å². The lowest BCUT2D eigenvalue weighted by molar-refractivity contribution is -0.177. The fourth-order valence-electron chi connectivity index (χ4n) is 4.85. The molecule has 1 aliphatic heterocycles. The summed E-state index contributed by atoms with van der Waals surface area (Å²) in [6.45, 7) is 8.45. The van der Waals surface area contributed by atoms with Crippen LogP contribution < -0.4 is 5.32 Å². The molecule has 33 heavy (non-hydrogen) atoms. The molecule has 1 heterocycles. The van der Waals surface area contributed by atoms with Gasteiger partial charge in [-0.25, -0.2) is 9.59 Å². The molecule has 1 spiro atoms. The third-order valence-corrected chi connectivity index (χ3v) is 7.04. The summed E-state index contributed by atoms with van der Waals surface area (Å²) in [6, 6.07) is 5.83. The number of benzene rings is 1. The number of carboxylic acids is 1. The van der Waals surface area contributed by atoms with Gasteiger partial charge >= 0.3 is 12.1 Å². The van der Waals surface area contributed by atoms with Crippen LogP contribution in [0.25, 0.3) is 0 Å². The van der Waals surface area contributed by atoms with Crippen molar-refractivity contribution in [3.8, 4) is 0 Å². The Morgan fingerprint density at radius 1 is 1.33 bits per heavy atom. The van der Waals surface area contributed by atoms with Crippen LogP contribution in [-0.4, -0.2) is 59.4 Å². The number of nitrogens with one attached hydrogen (secondary N) is 1. The van der Waals surface area contributed by atoms with Gasteiger partial charge in [0.1, 0.15) is 12.2 Å². The summed E-state index contributed by atoms with van der Waals surface area (Å²) in [5.74, 6) is -1.46. The minimum absolute atomic E-state index is 0.0588. The molecule has 3 N–H and O–H groups in total. The molecule has 1 aromatic carbocycles. The predicted molar refractivity (Wildman–Crippen MR) is 123 cm³/mol. The van der Waals surface area contributed by atoms with E-state index in [2.05, 4.69) is 11.4 Å². The van der Waals surface area contributed by atoms with Crippen LogP contribution in [0.15, 0.2) is 35.9 Å². The van der Waals surface area contributed by atoms with Crippen LogP contribution in [0.4, 0.5) is 10.5 Å². The van der Waals surface area contributed by atoms with Crippen molar-refractivity contribution in [3.05, 3.63) is 41.5 Å². The molecule has 1 unspecified atom stereocenters. The van der Waals surface area contributed by atoms with Crippen LogP contribution in [-0.2, 0) is 14.2 Å². The zero-order chi connectivity index (χ0) is 24.4. The second-order valence-electron chi connectivity index (χ2n) is 9.67. The van der Waals surface area contributed by atoms with Gasteiger partial charge in [0.05, 0.1) is 23.4 Å². The average molecular weight is 462 g/mol. The molecule has 1 saturated carbocycles. The van der Waals surface area contributed by atoms with Gasteiger partial charge in [-0.1, -0.05) is 18.6 Å². The molecule has 8 heteroatoms. The molecular weight excluding hydrogens is 426 g/mol. The SMILES string of the molecule is CO[C@@H]1[C@H](OC(=O)Nc2ccc(C(=O)O)cc2)CC[C@]2(CO2)[C@H]1[C@@](C)(O)C(C)CC=C(C)C. The van der Waals surface area contributed by atoms with Gasteiger partial charge in [0, 0.05) is 18.7 Å². The molecule has 0 bridgehead atoms. The number of hydrogen-bond donors (Lipinski definition) is 3. The van der Waals surface area contributed by atoms with Crippen LogP contribution >= 0.6 is 0 Å².